The predicted molar refractivity (Wildman–Crippen MR) is 72.1 cm³/mol. The van der Waals surface area contributed by atoms with E-state index in [1.165, 1.54) is 16.3 Å². The van der Waals surface area contributed by atoms with E-state index in [0.29, 0.717) is 6.04 Å². The minimum absolute atomic E-state index is 0.473. The Balaban J connectivity index is 1.98. The summed E-state index contributed by atoms with van der Waals surface area (Å²) in [5.74, 6) is 0.723. The lowest BCUT2D eigenvalue weighted by molar-refractivity contribution is 0.268. The van der Waals surface area contributed by atoms with Gasteiger partial charge in [0, 0.05) is 25.0 Å². The first-order valence-electron chi connectivity index (χ1n) is 6.25. The van der Waals surface area contributed by atoms with Crippen LogP contribution in [0.5, 0.6) is 0 Å². The molecule has 1 fully saturated rings. The van der Waals surface area contributed by atoms with Gasteiger partial charge in [-0.1, -0.05) is 36.4 Å². The van der Waals surface area contributed by atoms with Crippen LogP contribution in [0, 0.1) is 5.92 Å². The zero-order chi connectivity index (χ0) is 11.7. The maximum atomic E-state index is 3.44. The van der Waals surface area contributed by atoms with Crippen molar-refractivity contribution < 1.29 is 0 Å². The summed E-state index contributed by atoms with van der Waals surface area (Å²) in [6.45, 7) is 2.25. The number of hydrogen-bond donors (Lipinski definition) is 2. The molecular weight excluding hydrogens is 208 g/mol. The smallest absolute Gasteiger partial charge is 0.0370 e. The van der Waals surface area contributed by atoms with Gasteiger partial charge in [0.25, 0.3) is 0 Å². The van der Waals surface area contributed by atoms with Gasteiger partial charge in [0.15, 0.2) is 0 Å². The number of benzene rings is 2. The van der Waals surface area contributed by atoms with Gasteiger partial charge in [-0.25, -0.2) is 0 Å². The van der Waals surface area contributed by atoms with E-state index in [-0.39, 0.29) is 0 Å². The lowest BCUT2D eigenvalue weighted by Crippen LogP contribution is -2.48. The Hall–Kier alpha value is -1.38. The zero-order valence-corrected chi connectivity index (χ0v) is 10.1. The molecule has 1 heterocycles. The highest BCUT2D eigenvalue weighted by Gasteiger charge is 2.26. The maximum absolute atomic E-state index is 3.44. The molecule has 2 aromatic carbocycles. The molecule has 1 saturated heterocycles. The summed E-state index contributed by atoms with van der Waals surface area (Å²) in [4.78, 5) is 0. The highest BCUT2D eigenvalue weighted by Crippen LogP contribution is 2.27. The van der Waals surface area contributed by atoms with Crippen molar-refractivity contribution in [3.8, 4) is 0 Å². The average Bonchev–Trinajstić information content (AvgIpc) is 2.33. The minimum Gasteiger partial charge on any atom is -0.316 e. The molecule has 0 spiro atoms. The second kappa shape index (κ2) is 4.47. The van der Waals surface area contributed by atoms with Gasteiger partial charge in [0.2, 0.25) is 0 Å². The molecule has 3 rings (SSSR count). The van der Waals surface area contributed by atoms with Crippen molar-refractivity contribution in [1.82, 2.24) is 10.6 Å². The third-order valence-corrected chi connectivity index (χ3v) is 3.73. The molecule has 2 N–H and O–H groups in total. The van der Waals surface area contributed by atoms with Crippen molar-refractivity contribution >= 4 is 10.8 Å². The Bertz CT molecular complexity index is 517. The fourth-order valence-electron chi connectivity index (χ4n) is 2.62. The van der Waals surface area contributed by atoms with E-state index in [9.17, 15) is 0 Å². The summed E-state index contributed by atoms with van der Waals surface area (Å²) in [6, 6.07) is 15.8. The van der Waals surface area contributed by atoms with Crippen molar-refractivity contribution in [2.75, 3.05) is 20.1 Å². The van der Waals surface area contributed by atoms with Gasteiger partial charge in [0.1, 0.15) is 0 Å². The van der Waals surface area contributed by atoms with Crippen LogP contribution in [0.3, 0.4) is 0 Å². The van der Waals surface area contributed by atoms with E-state index in [0.717, 1.165) is 19.0 Å². The molecule has 1 aliphatic heterocycles. The standard InChI is InChI=1S/C15H18N2/c1-16-15(14-9-17-10-14)13-7-6-11-4-2-3-5-12(11)8-13/h2-8,14-17H,9-10H2,1H3. The lowest BCUT2D eigenvalue weighted by Gasteiger charge is -2.35. The van der Waals surface area contributed by atoms with Gasteiger partial charge in [-0.2, -0.15) is 0 Å². The van der Waals surface area contributed by atoms with E-state index >= 15 is 0 Å². The summed E-state index contributed by atoms with van der Waals surface area (Å²) < 4.78 is 0. The van der Waals surface area contributed by atoms with Crippen LogP contribution in [-0.4, -0.2) is 20.1 Å². The van der Waals surface area contributed by atoms with E-state index in [4.69, 9.17) is 0 Å². The van der Waals surface area contributed by atoms with Gasteiger partial charge in [-0.15, -0.1) is 0 Å². The predicted octanol–water partition coefficient (Wildman–Crippen LogP) is 2.32. The quantitative estimate of drug-likeness (QED) is 0.839. The Morgan fingerprint density at radius 3 is 2.53 bits per heavy atom. The number of rotatable bonds is 3. The second-order valence-corrected chi connectivity index (χ2v) is 4.79. The minimum atomic E-state index is 0.473. The van der Waals surface area contributed by atoms with Gasteiger partial charge in [-0.3, -0.25) is 0 Å². The first-order valence-corrected chi connectivity index (χ1v) is 6.25. The van der Waals surface area contributed by atoms with Crippen LogP contribution in [0.15, 0.2) is 42.5 Å². The normalized spacial score (nSPS) is 17.9. The molecule has 0 aromatic heterocycles. The molecule has 0 bridgehead atoms. The van der Waals surface area contributed by atoms with Crippen LogP contribution in [-0.2, 0) is 0 Å². The van der Waals surface area contributed by atoms with Crippen molar-refractivity contribution in [1.29, 1.82) is 0 Å². The molecule has 1 aliphatic rings. The molecule has 1 atom stereocenters. The Kier molecular flexibility index (Phi) is 2.83. The summed E-state index contributed by atoms with van der Waals surface area (Å²) in [6.07, 6.45) is 0. The molecule has 0 aliphatic carbocycles. The summed E-state index contributed by atoms with van der Waals surface area (Å²) in [7, 11) is 2.05. The van der Waals surface area contributed by atoms with Gasteiger partial charge in [0.05, 0.1) is 0 Å². The first-order chi connectivity index (χ1) is 8.38. The van der Waals surface area contributed by atoms with Crippen LogP contribution < -0.4 is 10.6 Å². The van der Waals surface area contributed by atoms with Gasteiger partial charge < -0.3 is 10.6 Å². The number of fused-ring (bicyclic) bond motifs is 1. The first kappa shape index (κ1) is 10.8. The van der Waals surface area contributed by atoms with Gasteiger partial charge in [-0.05, 0) is 29.4 Å². The molecule has 2 nitrogen and oxygen atoms in total. The van der Waals surface area contributed by atoms with Gasteiger partial charge >= 0.3 is 0 Å². The van der Waals surface area contributed by atoms with Crippen LogP contribution in [0.2, 0.25) is 0 Å². The van der Waals surface area contributed by atoms with E-state index in [2.05, 4.69) is 60.1 Å². The monoisotopic (exact) mass is 226 g/mol. The molecule has 0 radical (unpaired) electrons. The largest absolute Gasteiger partial charge is 0.316 e. The fraction of sp³-hybridized carbons (Fsp3) is 0.333. The van der Waals surface area contributed by atoms with Crippen molar-refractivity contribution in [3.05, 3.63) is 48.0 Å². The molecular formula is C15H18N2. The van der Waals surface area contributed by atoms with E-state index < -0.39 is 0 Å². The van der Waals surface area contributed by atoms with Crippen LogP contribution in [0.4, 0.5) is 0 Å². The maximum Gasteiger partial charge on any atom is 0.0370 e. The Morgan fingerprint density at radius 2 is 1.88 bits per heavy atom. The summed E-state index contributed by atoms with van der Waals surface area (Å²) in [5.41, 5.74) is 1.40. The molecule has 0 saturated carbocycles. The SMILES string of the molecule is CNC(c1ccc2ccccc2c1)C1CNC1. The van der Waals surface area contributed by atoms with Crippen LogP contribution >= 0.6 is 0 Å². The molecule has 0 amide bonds. The Labute approximate surface area is 102 Å². The lowest BCUT2D eigenvalue weighted by atomic mass is 9.88. The topological polar surface area (TPSA) is 24.1 Å². The molecule has 2 heteroatoms. The van der Waals surface area contributed by atoms with E-state index in [1.807, 2.05) is 0 Å². The number of hydrogen-bond acceptors (Lipinski definition) is 2. The molecule has 2 aromatic rings. The van der Waals surface area contributed by atoms with E-state index in [1.54, 1.807) is 0 Å². The van der Waals surface area contributed by atoms with Crippen molar-refractivity contribution in [3.63, 3.8) is 0 Å². The highest BCUT2D eigenvalue weighted by molar-refractivity contribution is 5.83. The third kappa shape index (κ3) is 1.94. The third-order valence-electron chi connectivity index (χ3n) is 3.73. The van der Waals surface area contributed by atoms with Crippen molar-refractivity contribution in [2.24, 2.45) is 5.92 Å². The number of nitrogens with one attached hydrogen (secondary N) is 2. The Morgan fingerprint density at radius 1 is 1.12 bits per heavy atom. The van der Waals surface area contributed by atoms with Crippen LogP contribution in [0.1, 0.15) is 11.6 Å². The average molecular weight is 226 g/mol. The van der Waals surface area contributed by atoms with Crippen molar-refractivity contribution in [2.45, 2.75) is 6.04 Å². The second-order valence-electron chi connectivity index (χ2n) is 4.79. The molecule has 88 valence electrons. The van der Waals surface area contributed by atoms with Crippen LogP contribution in [0.25, 0.3) is 10.8 Å². The summed E-state index contributed by atoms with van der Waals surface area (Å²) in [5, 5.41) is 9.44. The summed E-state index contributed by atoms with van der Waals surface area (Å²) >= 11 is 0. The molecule has 17 heavy (non-hydrogen) atoms. The molecule has 1 unspecified atom stereocenters. The zero-order valence-electron chi connectivity index (χ0n) is 10.1. The highest BCUT2D eigenvalue weighted by atomic mass is 15.0. The fourth-order valence-corrected chi connectivity index (χ4v) is 2.62.